The Morgan fingerprint density at radius 1 is 1.14 bits per heavy atom. The molecule has 1 aromatic rings. The summed E-state index contributed by atoms with van der Waals surface area (Å²) in [6.45, 7) is 5.83. The second-order valence-corrected chi connectivity index (χ2v) is 6.13. The third-order valence-electron chi connectivity index (χ3n) is 3.15. The van der Waals surface area contributed by atoms with Gasteiger partial charge in [0.25, 0.3) is 0 Å². The van der Waals surface area contributed by atoms with Crippen molar-refractivity contribution in [2.45, 2.75) is 51.6 Å². The fourth-order valence-corrected chi connectivity index (χ4v) is 1.82. The summed E-state index contributed by atoms with van der Waals surface area (Å²) in [5.74, 6) is 0. The molecule has 0 radical (unpaired) electrons. The van der Waals surface area contributed by atoms with Crippen molar-refractivity contribution in [1.29, 1.82) is 10.5 Å². The topological polar surface area (TPSA) is 76.3 Å². The third kappa shape index (κ3) is 4.78. The van der Waals surface area contributed by atoms with E-state index in [1.165, 1.54) is 0 Å². The average molecular weight is 298 g/mol. The van der Waals surface area contributed by atoms with E-state index in [0.29, 0.717) is 5.69 Å². The number of nitrogens with zero attached hydrogens (tertiary/aromatic N) is 3. The maximum Gasteiger partial charge on any atom is 0.389 e. The zero-order chi connectivity index (χ0) is 16.3. The number of rotatable bonds is 4. The Bertz CT molecular complexity index is 553. The summed E-state index contributed by atoms with van der Waals surface area (Å²) in [6, 6.07) is 5.14. The number of hydrogen-bond acceptors (Lipinski definition) is 3. The van der Waals surface area contributed by atoms with E-state index < -0.39 is 24.4 Å². The molecule has 0 bridgehead atoms. The van der Waals surface area contributed by atoms with Gasteiger partial charge in [-0.3, -0.25) is 5.10 Å². The van der Waals surface area contributed by atoms with Gasteiger partial charge in [0.2, 0.25) is 0 Å². The highest BCUT2D eigenvalue weighted by molar-refractivity contribution is 5.23. The predicted molar refractivity (Wildman–Crippen MR) is 69.9 cm³/mol. The fraction of sp³-hybridized carbons (Fsp3) is 0.643. The van der Waals surface area contributed by atoms with Crippen LogP contribution in [0.1, 0.15) is 45.0 Å². The summed E-state index contributed by atoms with van der Waals surface area (Å²) in [4.78, 5) is 0. The van der Waals surface area contributed by atoms with E-state index in [9.17, 15) is 13.2 Å². The van der Waals surface area contributed by atoms with Gasteiger partial charge in [-0.25, -0.2) is 0 Å². The molecule has 1 N–H and O–H groups in total. The van der Waals surface area contributed by atoms with Crippen LogP contribution in [-0.4, -0.2) is 16.4 Å². The van der Waals surface area contributed by atoms with Crippen LogP contribution < -0.4 is 0 Å². The zero-order valence-electron chi connectivity index (χ0n) is 12.2. The van der Waals surface area contributed by atoms with Crippen LogP contribution in [0.5, 0.6) is 0 Å². The molecule has 0 amide bonds. The maximum atomic E-state index is 12.3. The van der Waals surface area contributed by atoms with Crippen molar-refractivity contribution >= 4 is 0 Å². The van der Waals surface area contributed by atoms with E-state index >= 15 is 0 Å². The number of nitriles is 2. The monoisotopic (exact) mass is 298 g/mol. The Hall–Kier alpha value is -2.02. The van der Waals surface area contributed by atoms with Crippen LogP contribution >= 0.6 is 0 Å². The molecule has 4 nitrogen and oxygen atoms in total. The summed E-state index contributed by atoms with van der Waals surface area (Å²) in [7, 11) is 0. The Balaban J connectivity index is 2.92. The summed E-state index contributed by atoms with van der Waals surface area (Å²) >= 11 is 0. The lowest BCUT2D eigenvalue weighted by Gasteiger charge is -2.18. The second kappa shape index (κ2) is 5.77. The number of aromatic amines is 1. The van der Waals surface area contributed by atoms with Crippen molar-refractivity contribution < 1.29 is 13.2 Å². The van der Waals surface area contributed by atoms with Crippen molar-refractivity contribution in [3.05, 3.63) is 17.5 Å². The molecule has 114 valence electrons. The van der Waals surface area contributed by atoms with E-state index in [4.69, 9.17) is 10.5 Å². The summed E-state index contributed by atoms with van der Waals surface area (Å²) < 4.78 is 37.0. The van der Waals surface area contributed by atoms with Gasteiger partial charge in [0.15, 0.2) is 0 Å². The van der Waals surface area contributed by atoms with Crippen LogP contribution in [0.4, 0.5) is 13.2 Å². The van der Waals surface area contributed by atoms with Crippen molar-refractivity contribution in [2.24, 2.45) is 5.41 Å². The number of halogens is 3. The molecule has 1 heterocycles. The number of aromatic nitrogens is 2. The van der Waals surface area contributed by atoms with E-state index in [1.54, 1.807) is 18.2 Å². The van der Waals surface area contributed by atoms with Crippen molar-refractivity contribution in [1.82, 2.24) is 10.2 Å². The Labute approximate surface area is 121 Å². The summed E-state index contributed by atoms with van der Waals surface area (Å²) in [6.07, 6.45) is -6.19. The molecule has 0 aromatic carbocycles. The highest BCUT2D eigenvalue weighted by atomic mass is 19.4. The number of hydrogen-bond donors (Lipinski definition) is 1. The number of H-pyrrole nitrogens is 1. The minimum Gasteiger partial charge on any atom is -0.282 e. The first-order chi connectivity index (χ1) is 9.51. The molecule has 7 heteroatoms. The molecule has 0 saturated carbocycles. The van der Waals surface area contributed by atoms with Crippen molar-refractivity contribution in [3.63, 3.8) is 0 Å². The molecule has 0 spiro atoms. The van der Waals surface area contributed by atoms with Gasteiger partial charge in [-0.1, -0.05) is 20.8 Å². The molecule has 0 aliphatic carbocycles. The first kappa shape index (κ1) is 17.0. The molecular formula is C14H17F3N4. The molecule has 0 unspecified atom stereocenters. The van der Waals surface area contributed by atoms with E-state index in [0.717, 1.165) is 5.69 Å². The van der Waals surface area contributed by atoms with E-state index in [2.05, 4.69) is 10.2 Å². The minimum absolute atomic E-state index is 0.0981. The van der Waals surface area contributed by atoms with Crippen LogP contribution in [0.3, 0.4) is 0 Å². The number of nitrogens with one attached hydrogen (secondary N) is 1. The van der Waals surface area contributed by atoms with Crippen molar-refractivity contribution in [3.8, 4) is 12.1 Å². The van der Waals surface area contributed by atoms with E-state index in [-0.39, 0.29) is 11.8 Å². The molecule has 1 aromatic heterocycles. The Kier molecular flexibility index (Phi) is 4.68. The molecule has 0 atom stereocenters. The van der Waals surface area contributed by atoms with Crippen LogP contribution in [-0.2, 0) is 11.8 Å². The molecule has 1 rings (SSSR count). The second-order valence-electron chi connectivity index (χ2n) is 6.13. The van der Waals surface area contributed by atoms with Crippen LogP contribution in [0.2, 0.25) is 0 Å². The first-order valence-electron chi connectivity index (χ1n) is 6.45. The van der Waals surface area contributed by atoms with Crippen LogP contribution in [0.25, 0.3) is 0 Å². The molecule has 0 aliphatic rings. The molecule has 21 heavy (non-hydrogen) atoms. The highest BCUT2D eigenvalue weighted by Crippen LogP contribution is 2.33. The third-order valence-corrected chi connectivity index (χ3v) is 3.15. The maximum absolute atomic E-state index is 12.3. The summed E-state index contributed by atoms with van der Waals surface area (Å²) in [5.41, 5.74) is -0.692. The van der Waals surface area contributed by atoms with Gasteiger partial charge in [-0.2, -0.15) is 28.8 Å². The van der Waals surface area contributed by atoms with Crippen LogP contribution in [0.15, 0.2) is 6.07 Å². The van der Waals surface area contributed by atoms with Gasteiger partial charge < -0.3 is 0 Å². The Morgan fingerprint density at radius 2 is 1.71 bits per heavy atom. The molecular weight excluding hydrogens is 281 g/mol. The van der Waals surface area contributed by atoms with E-state index in [1.807, 2.05) is 20.8 Å². The largest absolute Gasteiger partial charge is 0.389 e. The SMILES string of the molecule is CC(C)(C)c1cc(CC(C#N)(C#N)CCC(F)(F)F)[nH]n1. The lowest BCUT2D eigenvalue weighted by Crippen LogP contribution is -2.23. The van der Waals surface area contributed by atoms with Gasteiger partial charge in [-0.15, -0.1) is 0 Å². The molecule has 0 fully saturated rings. The van der Waals surface area contributed by atoms with Gasteiger partial charge in [0, 0.05) is 24.0 Å². The lowest BCUT2D eigenvalue weighted by molar-refractivity contribution is -0.138. The minimum atomic E-state index is -4.39. The van der Waals surface area contributed by atoms with Gasteiger partial charge in [-0.05, 0) is 12.5 Å². The quantitative estimate of drug-likeness (QED) is 0.922. The zero-order valence-corrected chi connectivity index (χ0v) is 12.2. The number of alkyl halides is 3. The average Bonchev–Trinajstić information content (AvgIpc) is 2.82. The smallest absolute Gasteiger partial charge is 0.282 e. The standard InChI is InChI=1S/C14H17F3N4/c1-12(2,3)11-6-10(20-21-11)7-13(8-18,9-19)4-5-14(15,16)17/h6H,4-5,7H2,1-3H3,(H,20,21). The summed E-state index contributed by atoms with van der Waals surface area (Å²) in [5, 5.41) is 25.0. The first-order valence-corrected chi connectivity index (χ1v) is 6.45. The van der Waals surface area contributed by atoms with Gasteiger partial charge >= 0.3 is 6.18 Å². The van der Waals surface area contributed by atoms with Gasteiger partial charge in [0.1, 0.15) is 5.41 Å². The lowest BCUT2D eigenvalue weighted by atomic mass is 9.81. The highest BCUT2D eigenvalue weighted by Gasteiger charge is 2.37. The van der Waals surface area contributed by atoms with Crippen molar-refractivity contribution in [2.75, 3.05) is 0 Å². The van der Waals surface area contributed by atoms with Crippen LogP contribution in [0, 0.1) is 28.1 Å². The fourth-order valence-electron chi connectivity index (χ4n) is 1.82. The Morgan fingerprint density at radius 3 is 2.10 bits per heavy atom. The molecule has 0 saturated heterocycles. The molecule has 0 aliphatic heterocycles. The van der Waals surface area contributed by atoms with Gasteiger partial charge in [0.05, 0.1) is 17.8 Å². The predicted octanol–water partition coefficient (Wildman–Crippen LogP) is 3.63. The normalized spacial score (nSPS) is 12.8.